The first-order chi connectivity index (χ1) is 11.9. The molecule has 0 fully saturated rings. The molecule has 25 heavy (non-hydrogen) atoms. The summed E-state index contributed by atoms with van der Waals surface area (Å²) in [5, 5.41) is 10.7. The van der Waals surface area contributed by atoms with Gasteiger partial charge < -0.3 is 19.0 Å². The number of allylic oxidation sites excluding steroid dienone is 1. The lowest BCUT2D eigenvalue weighted by molar-refractivity contribution is 0.222. The van der Waals surface area contributed by atoms with Gasteiger partial charge in [0.05, 0.1) is 13.2 Å². The van der Waals surface area contributed by atoms with Crippen molar-refractivity contribution in [3.63, 3.8) is 0 Å². The van der Waals surface area contributed by atoms with Crippen LogP contribution in [0, 0.1) is 0 Å². The van der Waals surface area contributed by atoms with Crippen LogP contribution < -0.4 is 15.1 Å². The Balaban J connectivity index is 2.11. The molecule has 0 unspecified atom stereocenters. The third-order valence-corrected chi connectivity index (χ3v) is 3.64. The third-order valence-electron chi connectivity index (χ3n) is 3.64. The highest BCUT2D eigenvalue weighted by atomic mass is 16.5. The van der Waals surface area contributed by atoms with Gasteiger partial charge in [-0.05, 0) is 51.5 Å². The maximum Gasteiger partial charge on any atom is 0.336 e. The van der Waals surface area contributed by atoms with Crippen LogP contribution in [0.4, 0.5) is 0 Å². The molecule has 1 N–H and O–H groups in total. The normalized spacial score (nSPS) is 12.8. The number of rotatable bonds is 7. The molecule has 5 heteroatoms. The first kappa shape index (κ1) is 18.8. The van der Waals surface area contributed by atoms with Crippen molar-refractivity contribution in [3.8, 4) is 11.5 Å². The van der Waals surface area contributed by atoms with Gasteiger partial charge in [-0.15, -0.1) is 0 Å². The van der Waals surface area contributed by atoms with Crippen LogP contribution in [-0.2, 0) is 0 Å². The van der Waals surface area contributed by atoms with Crippen LogP contribution in [0.5, 0.6) is 11.5 Å². The summed E-state index contributed by atoms with van der Waals surface area (Å²) in [6, 6.07) is 6.64. The van der Waals surface area contributed by atoms with Crippen molar-refractivity contribution in [2.24, 2.45) is 0 Å². The lowest BCUT2D eigenvalue weighted by Gasteiger charge is -2.11. The first-order valence-electron chi connectivity index (χ1n) is 8.13. The summed E-state index contributed by atoms with van der Waals surface area (Å²) < 4.78 is 16.3. The van der Waals surface area contributed by atoms with E-state index in [0.29, 0.717) is 30.1 Å². The molecular formula is C20H24O5. The van der Waals surface area contributed by atoms with Crippen molar-refractivity contribution >= 4 is 11.0 Å². The molecule has 0 spiro atoms. The molecule has 1 aromatic heterocycles. The molecule has 0 saturated heterocycles. The van der Waals surface area contributed by atoms with Crippen molar-refractivity contribution in [2.75, 3.05) is 13.7 Å². The molecule has 1 heterocycles. The van der Waals surface area contributed by atoms with E-state index in [1.165, 1.54) is 13.2 Å². The summed E-state index contributed by atoms with van der Waals surface area (Å²) in [5.74, 6) is 0.893. The van der Waals surface area contributed by atoms with Crippen molar-refractivity contribution in [2.45, 2.75) is 33.3 Å². The monoisotopic (exact) mass is 344 g/mol. The Morgan fingerprint density at radius 1 is 1.24 bits per heavy atom. The van der Waals surface area contributed by atoms with Crippen LogP contribution in [0.15, 0.2) is 56.8 Å². The fourth-order valence-corrected chi connectivity index (χ4v) is 2.53. The molecular weight excluding hydrogens is 320 g/mol. The summed E-state index contributed by atoms with van der Waals surface area (Å²) in [7, 11) is 1.51. The topological polar surface area (TPSA) is 68.9 Å². The number of hydrogen-bond acceptors (Lipinski definition) is 5. The molecule has 2 rings (SSSR count). The summed E-state index contributed by atoms with van der Waals surface area (Å²) in [6.45, 7) is 6.18. The zero-order valence-corrected chi connectivity index (χ0v) is 15.0. The van der Waals surface area contributed by atoms with Crippen molar-refractivity contribution < 1.29 is 19.0 Å². The molecule has 1 aromatic carbocycles. The largest absolute Gasteiger partial charge is 0.490 e. The molecule has 1 atom stereocenters. The Labute approximate surface area is 147 Å². The Hall–Kier alpha value is -2.53. The second-order valence-electron chi connectivity index (χ2n) is 6.15. The van der Waals surface area contributed by atoms with Crippen molar-refractivity contribution in [3.05, 3.63) is 58.0 Å². The molecule has 0 radical (unpaired) electrons. The van der Waals surface area contributed by atoms with E-state index < -0.39 is 11.7 Å². The number of methoxy groups -OCH3 is 1. The lowest BCUT2D eigenvalue weighted by atomic mass is 10.1. The standard InChI is InChI=1S/C20H24O5/c1-13(2)11-16(21)12-14(3)9-10-24-17-7-5-15-6-8-18(22)25-19(15)20(17)23-4/h5-9,11,16,21H,10,12H2,1-4H3/t16-/m0/s1. The Morgan fingerprint density at radius 2 is 1.96 bits per heavy atom. The number of fused-ring (bicyclic) bond motifs is 1. The van der Waals surface area contributed by atoms with E-state index in [9.17, 15) is 9.90 Å². The zero-order chi connectivity index (χ0) is 18.4. The second kappa shape index (κ2) is 8.53. The summed E-state index contributed by atoms with van der Waals surface area (Å²) in [6.07, 6.45) is 3.79. The molecule has 0 bridgehead atoms. The average molecular weight is 344 g/mol. The molecule has 0 aliphatic heterocycles. The number of aliphatic hydroxyl groups excluding tert-OH is 1. The van der Waals surface area contributed by atoms with E-state index in [4.69, 9.17) is 13.9 Å². The Bertz CT molecular complexity index is 841. The number of aliphatic hydroxyl groups is 1. The highest BCUT2D eigenvalue weighted by molar-refractivity contribution is 5.85. The zero-order valence-electron chi connectivity index (χ0n) is 15.0. The quantitative estimate of drug-likeness (QED) is 0.610. The Morgan fingerprint density at radius 3 is 2.64 bits per heavy atom. The van der Waals surface area contributed by atoms with Crippen LogP contribution in [0.2, 0.25) is 0 Å². The molecule has 134 valence electrons. The SMILES string of the molecule is COc1c(OCC=C(C)C[C@@H](O)C=C(C)C)ccc2ccc(=O)oc12. The minimum atomic E-state index is -0.495. The van der Waals surface area contributed by atoms with Crippen LogP contribution >= 0.6 is 0 Å². The summed E-state index contributed by atoms with van der Waals surface area (Å²) in [5.41, 5.74) is 2.04. The van der Waals surface area contributed by atoms with Crippen molar-refractivity contribution in [1.82, 2.24) is 0 Å². The molecule has 5 nitrogen and oxygen atoms in total. The fraction of sp³-hybridized carbons (Fsp3) is 0.350. The van der Waals surface area contributed by atoms with Crippen LogP contribution in [0.25, 0.3) is 11.0 Å². The predicted molar refractivity (Wildman–Crippen MR) is 98.3 cm³/mol. The van der Waals surface area contributed by atoms with Crippen LogP contribution in [0.3, 0.4) is 0 Å². The van der Waals surface area contributed by atoms with Crippen LogP contribution in [-0.4, -0.2) is 24.9 Å². The van der Waals surface area contributed by atoms with Crippen LogP contribution in [0.1, 0.15) is 27.2 Å². The van der Waals surface area contributed by atoms with E-state index in [2.05, 4.69) is 0 Å². The molecule has 2 aromatic rings. The van der Waals surface area contributed by atoms with Gasteiger partial charge in [0, 0.05) is 11.5 Å². The minimum Gasteiger partial charge on any atom is -0.490 e. The van der Waals surface area contributed by atoms with E-state index in [0.717, 1.165) is 16.5 Å². The highest BCUT2D eigenvalue weighted by Crippen LogP contribution is 2.34. The predicted octanol–water partition coefficient (Wildman–Crippen LogP) is 3.84. The van der Waals surface area contributed by atoms with E-state index in [-0.39, 0.29) is 0 Å². The fourth-order valence-electron chi connectivity index (χ4n) is 2.53. The number of benzene rings is 1. The summed E-state index contributed by atoms with van der Waals surface area (Å²) >= 11 is 0. The average Bonchev–Trinajstić information content (AvgIpc) is 2.53. The first-order valence-corrected chi connectivity index (χ1v) is 8.13. The smallest absolute Gasteiger partial charge is 0.336 e. The van der Waals surface area contributed by atoms with Gasteiger partial charge in [-0.2, -0.15) is 0 Å². The number of hydrogen-bond donors (Lipinski definition) is 1. The van der Waals surface area contributed by atoms with Gasteiger partial charge >= 0.3 is 5.63 Å². The summed E-state index contributed by atoms with van der Waals surface area (Å²) in [4.78, 5) is 11.4. The van der Waals surface area contributed by atoms with E-state index >= 15 is 0 Å². The maximum atomic E-state index is 11.4. The molecule has 0 amide bonds. The van der Waals surface area contributed by atoms with E-state index in [1.54, 1.807) is 12.1 Å². The molecule has 0 aliphatic rings. The van der Waals surface area contributed by atoms with Gasteiger partial charge in [0.25, 0.3) is 0 Å². The Kier molecular flexibility index (Phi) is 6.42. The number of ether oxygens (including phenoxy) is 2. The lowest BCUT2D eigenvalue weighted by Crippen LogP contribution is -2.05. The molecule has 0 aliphatic carbocycles. The second-order valence-corrected chi connectivity index (χ2v) is 6.15. The van der Waals surface area contributed by atoms with Crippen molar-refractivity contribution in [1.29, 1.82) is 0 Å². The van der Waals surface area contributed by atoms with Gasteiger partial charge in [-0.3, -0.25) is 0 Å². The highest BCUT2D eigenvalue weighted by Gasteiger charge is 2.12. The van der Waals surface area contributed by atoms with E-state index in [1.807, 2.05) is 39.0 Å². The van der Waals surface area contributed by atoms with Gasteiger partial charge in [0.15, 0.2) is 11.3 Å². The maximum absolute atomic E-state index is 11.4. The van der Waals surface area contributed by atoms with Gasteiger partial charge in [0.1, 0.15) is 6.61 Å². The third kappa shape index (κ3) is 5.22. The van der Waals surface area contributed by atoms with Gasteiger partial charge in [0.2, 0.25) is 5.75 Å². The minimum absolute atomic E-state index is 0.326. The van der Waals surface area contributed by atoms with Gasteiger partial charge in [-0.1, -0.05) is 17.2 Å². The molecule has 0 saturated carbocycles. The van der Waals surface area contributed by atoms with Gasteiger partial charge in [-0.25, -0.2) is 4.79 Å².